The third-order valence-corrected chi connectivity index (χ3v) is 5.08. The summed E-state index contributed by atoms with van der Waals surface area (Å²) < 4.78 is 0. The Morgan fingerprint density at radius 1 is 1.11 bits per heavy atom. The molecule has 0 aromatic rings. The first-order valence-corrected chi connectivity index (χ1v) is 7.50. The average molecular weight is 289 g/mol. The van der Waals surface area contributed by atoms with E-state index in [4.69, 9.17) is 5.73 Å². The smallest absolute Gasteiger partial charge is 0.223 e. The number of amides is 1. The molecule has 0 aromatic heterocycles. The van der Waals surface area contributed by atoms with Crippen LogP contribution in [0.15, 0.2) is 0 Å². The minimum absolute atomic E-state index is 0. The summed E-state index contributed by atoms with van der Waals surface area (Å²) in [4.78, 5) is 14.7. The highest BCUT2D eigenvalue weighted by molar-refractivity contribution is 5.85. The molecule has 112 valence electrons. The lowest BCUT2D eigenvalue weighted by Gasteiger charge is -2.39. The first-order chi connectivity index (χ1) is 8.49. The van der Waals surface area contributed by atoms with E-state index in [0.29, 0.717) is 18.9 Å². The fourth-order valence-electron chi connectivity index (χ4n) is 3.74. The molecule has 0 atom stereocenters. The van der Waals surface area contributed by atoms with Gasteiger partial charge in [-0.15, -0.1) is 12.4 Å². The van der Waals surface area contributed by atoms with Gasteiger partial charge in [0.15, 0.2) is 0 Å². The third kappa shape index (κ3) is 3.63. The van der Waals surface area contributed by atoms with E-state index in [-0.39, 0.29) is 23.4 Å². The second kappa shape index (κ2) is 6.45. The van der Waals surface area contributed by atoms with Gasteiger partial charge in [-0.05, 0) is 51.5 Å². The first-order valence-electron chi connectivity index (χ1n) is 7.50. The monoisotopic (exact) mass is 288 g/mol. The first kappa shape index (κ1) is 16.8. The largest absolute Gasteiger partial charge is 0.338 e. The topological polar surface area (TPSA) is 46.3 Å². The number of hydrogen-bond donors (Lipinski definition) is 1. The van der Waals surface area contributed by atoms with Gasteiger partial charge in [0.1, 0.15) is 0 Å². The van der Waals surface area contributed by atoms with Crippen LogP contribution in [0, 0.1) is 5.41 Å². The SMILES string of the molecule is CC1(C)CCCN1C(=O)CC1(CN)CCCCC1.Cl. The van der Waals surface area contributed by atoms with Crippen LogP contribution in [0.5, 0.6) is 0 Å². The van der Waals surface area contributed by atoms with E-state index in [1.165, 1.54) is 19.3 Å². The molecule has 1 amide bonds. The van der Waals surface area contributed by atoms with Gasteiger partial charge in [-0.1, -0.05) is 19.3 Å². The predicted octanol–water partition coefficient (Wildman–Crippen LogP) is 3.11. The molecule has 4 heteroatoms. The highest BCUT2D eigenvalue weighted by Gasteiger charge is 2.40. The van der Waals surface area contributed by atoms with E-state index in [2.05, 4.69) is 18.7 Å². The number of carbonyl (C=O) groups is 1. The van der Waals surface area contributed by atoms with Crippen LogP contribution < -0.4 is 5.73 Å². The Kier molecular flexibility index (Phi) is 5.69. The predicted molar refractivity (Wildman–Crippen MR) is 81.5 cm³/mol. The van der Waals surface area contributed by atoms with Crippen molar-refractivity contribution in [2.45, 2.75) is 70.8 Å². The van der Waals surface area contributed by atoms with Gasteiger partial charge in [-0.2, -0.15) is 0 Å². The van der Waals surface area contributed by atoms with Crippen LogP contribution in [0.2, 0.25) is 0 Å². The van der Waals surface area contributed by atoms with Crippen molar-refractivity contribution < 1.29 is 4.79 Å². The highest BCUT2D eigenvalue weighted by Crippen LogP contribution is 2.40. The molecule has 0 bridgehead atoms. The molecule has 1 aliphatic carbocycles. The molecule has 2 aliphatic rings. The van der Waals surface area contributed by atoms with Gasteiger partial charge in [0.05, 0.1) is 0 Å². The van der Waals surface area contributed by atoms with E-state index in [0.717, 1.165) is 32.2 Å². The lowest BCUT2D eigenvalue weighted by atomic mass is 9.71. The molecule has 1 heterocycles. The zero-order valence-electron chi connectivity index (χ0n) is 12.4. The minimum atomic E-state index is 0. The second-order valence-corrected chi connectivity index (χ2v) is 6.90. The number of halogens is 1. The van der Waals surface area contributed by atoms with Crippen molar-refractivity contribution in [2.24, 2.45) is 11.1 Å². The van der Waals surface area contributed by atoms with Gasteiger partial charge < -0.3 is 10.6 Å². The molecule has 0 spiro atoms. The molecule has 2 N–H and O–H groups in total. The van der Waals surface area contributed by atoms with Crippen LogP contribution in [-0.4, -0.2) is 29.4 Å². The number of rotatable bonds is 3. The minimum Gasteiger partial charge on any atom is -0.338 e. The van der Waals surface area contributed by atoms with Crippen LogP contribution in [0.1, 0.15) is 65.2 Å². The Labute approximate surface area is 123 Å². The summed E-state index contributed by atoms with van der Waals surface area (Å²) in [7, 11) is 0. The maximum Gasteiger partial charge on any atom is 0.223 e. The van der Waals surface area contributed by atoms with E-state index >= 15 is 0 Å². The number of nitrogens with two attached hydrogens (primary N) is 1. The van der Waals surface area contributed by atoms with E-state index in [1.807, 2.05) is 0 Å². The van der Waals surface area contributed by atoms with Gasteiger partial charge in [-0.3, -0.25) is 4.79 Å². The molecular formula is C15H29ClN2O. The molecule has 1 saturated carbocycles. The molecule has 0 radical (unpaired) electrons. The molecule has 1 saturated heterocycles. The standard InChI is InChI=1S/C15H28N2O.ClH/c1-14(2)7-6-10-17(14)13(18)11-15(12-16)8-4-3-5-9-15;/h3-12,16H2,1-2H3;1H. The third-order valence-electron chi connectivity index (χ3n) is 5.08. The molecule has 19 heavy (non-hydrogen) atoms. The van der Waals surface area contributed by atoms with Crippen LogP contribution in [0.4, 0.5) is 0 Å². The van der Waals surface area contributed by atoms with E-state index in [1.54, 1.807) is 0 Å². The normalized spacial score (nSPS) is 24.9. The van der Waals surface area contributed by atoms with Gasteiger partial charge >= 0.3 is 0 Å². The summed E-state index contributed by atoms with van der Waals surface area (Å²) in [6.07, 6.45) is 9.04. The van der Waals surface area contributed by atoms with Crippen molar-refractivity contribution in [2.75, 3.05) is 13.1 Å². The van der Waals surface area contributed by atoms with Crippen LogP contribution >= 0.6 is 12.4 Å². The molecule has 1 aliphatic heterocycles. The van der Waals surface area contributed by atoms with E-state index in [9.17, 15) is 4.79 Å². The fourth-order valence-corrected chi connectivity index (χ4v) is 3.74. The van der Waals surface area contributed by atoms with E-state index < -0.39 is 0 Å². The Hall–Kier alpha value is -0.280. The summed E-state index contributed by atoms with van der Waals surface area (Å²) in [5.41, 5.74) is 6.14. The molecule has 3 nitrogen and oxygen atoms in total. The van der Waals surface area contributed by atoms with Crippen molar-refractivity contribution >= 4 is 18.3 Å². The quantitative estimate of drug-likeness (QED) is 0.867. The summed E-state index contributed by atoms with van der Waals surface area (Å²) in [6, 6.07) is 0. The Balaban J connectivity index is 0.00000180. The van der Waals surface area contributed by atoms with Crippen molar-refractivity contribution in [3.8, 4) is 0 Å². The Morgan fingerprint density at radius 3 is 2.21 bits per heavy atom. The van der Waals surface area contributed by atoms with Gasteiger partial charge in [-0.25, -0.2) is 0 Å². The molecular weight excluding hydrogens is 260 g/mol. The van der Waals surface area contributed by atoms with Crippen molar-refractivity contribution in [3.05, 3.63) is 0 Å². The fraction of sp³-hybridized carbons (Fsp3) is 0.933. The lowest BCUT2D eigenvalue weighted by molar-refractivity contribution is -0.137. The summed E-state index contributed by atoms with van der Waals surface area (Å²) >= 11 is 0. The number of hydrogen-bond acceptors (Lipinski definition) is 2. The van der Waals surface area contributed by atoms with Gasteiger partial charge in [0.2, 0.25) is 5.91 Å². The Bertz CT molecular complexity index is 311. The number of likely N-dealkylation sites (tertiary alicyclic amines) is 1. The zero-order chi connectivity index (χ0) is 13.2. The molecule has 2 fully saturated rings. The number of carbonyl (C=O) groups excluding carboxylic acids is 1. The van der Waals surface area contributed by atoms with Gasteiger partial charge in [0.25, 0.3) is 0 Å². The van der Waals surface area contributed by atoms with Gasteiger partial charge in [0, 0.05) is 18.5 Å². The maximum atomic E-state index is 12.6. The van der Waals surface area contributed by atoms with Crippen molar-refractivity contribution in [3.63, 3.8) is 0 Å². The summed E-state index contributed by atoms with van der Waals surface area (Å²) in [6.45, 7) is 5.99. The van der Waals surface area contributed by atoms with Crippen LogP contribution in [0.25, 0.3) is 0 Å². The van der Waals surface area contributed by atoms with Crippen LogP contribution in [0.3, 0.4) is 0 Å². The summed E-state index contributed by atoms with van der Waals surface area (Å²) in [5, 5.41) is 0. The summed E-state index contributed by atoms with van der Waals surface area (Å²) in [5.74, 6) is 0.338. The van der Waals surface area contributed by atoms with Crippen LogP contribution in [-0.2, 0) is 4.79 Å². The van der Waals surface area contributed by atoms with Crippen molar-refractivity contribution in [1.82, 2.24) is 4.90 Å². The average Bonchev–Trinajstić information content (AvgIpc) is 2.70. The number of nitrogens with zero attached hydrogens (tertiary/aromatic N) is 1. The zero-order valence-corrected chi connectivity index (χ0v) is 13.2. The van der Waals surface area contributed by atoms with Crippen molar-refractivity contribution in [1.29, 1.82) is 0 Å². The molecule has 2 rings (SSSR count). The highest BCUT2D eigenvalue weighted by atomic mass is 35.5. The lowest BCUT2D eigenvalue weighted by Crippen LogP contribution is -2.46. The second-order valence-electron chi connectivity index (χ2n) is 6.90. The Morgan fingerprint density at radius 2 is 1.74 bits per heavy atom. The molecule has 0 aromatic carbocycles. The molecule has 0 unspecified atom stereocenters. The maximum absolute atomic E-state index is 12.6.